The van der Waals surface area contributed by atoms with Gasteiger partial charge in [0.2, 0.25) is 0 Å². The number of oxazole rings is 1. The fourth-order valence-electron chi connectivity index (χ4n) is 1.84. The number of nitrogens with zero attached hydrogens (tertiary/aromatic N) is 1. The maximum absolute atomic E-state index is 5.47. The summed E-state index contributed by atoms with van der Waals surface area (Å²) < 4.78 is 10.8. The maximum Gasteiger partial charge on any atom is 0.198 e. The largest absolute Gasteiger partial charge is 0.496 e. The Balaban J connectivity index is 2.06. The van der Waals surface area contributed by atoms with Crippen molar-refractivity contribution in [1.82, 2.24) is 4.98 Å². The summed E-state index contributed by atoms with van der Waals surface area (Å²) in [4.78, 5) is 4.44. The van der Waals surface area contributed by atoms with E-state index in [2.05, 4.69) is 4.98 Å². The van der Waals surface area contributed by atoms with Gasteiger partial charge in [-0.1, -0.05) is 18.2 Å². The number of benzene rings is 1. The van der Waals surface area contributed by atoms with E-state index in [1.54, 1.807) is 13.4 Å². The fraction of sp³-hybridized carbons (Fsp3) is 0.357. The molecule has 0 aliphatic heterocycles. The summed E-state index contributed by atoms with van der Waals surface area (Å²) in [5.74, 6) is 1.57. The van der Waals surface area contributed by atoms with E-state index in [0.717, 1.165) is 29.8 Å². The van der Waals surface area contributed by atoms with Gasteiger partial charge in [0.05, 0.1) is 19.2 Å². The molecule has 0 atom stereocenters. The number of rotatable bonds is 6. The molecule has 4 heteroatoms. The molecule has 0 fully saturated rings. The van der Waals surface area contributed by atoms with Gasteiger partial charge in [-0.05, 0) is 25.5 Å². The van der Waals surface area contributed by atoms with Crippen LogP contribution in [0.1, 0.15) is 23.6 Å². The minimum Gasteiger partial charge on any atom is -0.496 e. The highest BCUT2D eigenvalue weighted by Gasteiger charge is 2.08. The molecule has 0 unspecified atom stereocenters. The van der Waals surface area contributed by atoms with Crippen LogP contribution in [0.4, 0.5) is 0 Å². The Kier molecular flexibility index (Phi) is 4.36. The predicted molar refractivity (Wildman–Crippen MR) is 69.7 cm³/mol. The first kappa shape index (κ1) is 12.6. The molecule has 2 aromatic rings. The van der Waals surface area contributed by atoms with Crippen LogP contribution >= 0.6 is 0 Å². The number of hydrogen-bond donors (Lipinski definition) is 1. The monoisotopic (exact) mass is 246 g/mol. The van der Waals surface area contributed by atoms with Gasteiger partial charge in [-0.2, -0.15) is 0 Å². The highest BCUT2D eigenvalue weighted by atomic mass is 16.5. The van der Waals surface area contributed by atoms with Gasteiger partial charge in [0, 0.05) is 5.56 Å². The van der Waals surface area contributed by atoms with Crippen molar-refractivity contribution >= 4 is 0 Å². The zero-order chi connectivity index (χ0) is 12.8. The lowest BCUT2D eigenvalue weighted by Gasteiger charge is -2.05. The summed E-state index contributed by atoms with van der Waals surface area (Å²) in [6.07, 6.45) is 4.15. The van der Waals surface area contributed by atoms with Crippen LogP contribution in [0.15, 0.2) is 34.9 Å². The molecule has 0 spiro atoms. The van der Waals surface area contributed by atoms with Crippen molar-refractivity contribution in [1.29, 1.82) is 0 Å². The van der Waals surface area contributed by atoms with E-state index in [1.165, 1.54) is 0 Å². The number of aryl methyl sites for hydroxylation is 1. The summed E-state index contributed by atoms with van der Waals surface area (Å²) in [5.41, 5.74) is 7.51. The highest BCUT2D eigenvalue weighted by Crippen LogP contribution is 2.20. The van der Waals surface area contributed by atoms with Crippen molar-refractivity contribution in [3.8, 4) is 5.75 Å². The molecular weight excluding hydrogens is 228 g/mol. The van der Waals surface area contributed by atoms with Crippen molar-refractivity contribution in [3.05, 3.63) is 47.7 Å². The molecule has 2 N–H and O–H groups in total. The van der Waals surface area contributed by atoms with Crippen molar-refractivity contribution in [2.24, 2.45) is 5.73 Å². The fourth-order valence-corrected chi connectivity index (χ4v) is 1.84. The van der Waals surface area contributed by atoms with Gasteiger partial charge in [-0.15, -0.1) is 0 Å². The lowest BCUT2D eigenvalue weighted by molar-refractivity contribution is 0.408. The standard InChI is InChI=1S/C14H18N2O2/c1-17-13-7-3-2-5-11(13)9-14-16-12(10-18-14)6-4-8-15/h2-3,5,7,10H,4,6,8-9,15H2,1H3. The van der Waals surface area contributed by atoms with Crippen LogP contribution in [0.5, 0.6) is 5.75 Å². The van der Waals surface area contributed by atoms with Crippen LogP contribution in [-0.4, -0.2) is 18.6 Å². The number of hydrogen-bond acceptors (Lipinski definition) is 4. The van der Waals surface area contributed by atoms with Crippen LogP contribution in [-0.2, 0) is 12.8 Å². The van der Waals surface area contributed by atoms with Gasteiger partial charge < -0.3 is 14.9 Å². The smallest absolute Gasteiger partial charge is 0.198 e. The topological polar surface area (TPSA) is 61.3 Å². The van der Waals surface area contributed by atoms with Crippen LogP contribution in [0.2, 0.25) is 0 Å². The Labute approximate surface area is 107 Å². The molecule has 1 aromatic heterocycles. The van der Waals surface area contributed by atoms with E-state index < -0.39 is 0 Å². The van der Waals surface area contributed by atoms with Crippen LogP contribution in [0, 0.1) is 0 Å². The molecule has 0 aliphatic carbocycles. The number of para-hydroxylation sites is 1. The van der Waals surface area contributed by atoms with Gasteiger partial charge in [0.15, 0.2) is 5.89 Å². The number of nitrogens with two attached hydrogens (primary N) is 1. The van der Waals surface area contributed by atoms with E-state index >= 15 is 0 Å². The van der Waals surface area contributed by atoms with E-state index in [4.69, 9.17) is 14.9 Å². The molecule has 0 amide bonds. The Hall–Kier alpha value is -1.81. The van der Waals surface area contributed by atoms with Gasteiger partial charge in [-0.25, -0.2) is 4.98 Å². The Morgan fingerprint density at radius 3 is 2.94 bits per heavy atom. The average molecular weight is 246 g/mol. The second-order valence-electron chi connectivity index (χ2n) is 4.11. The summed E-state index contributed by atoms with van der Waals surface area (Å²) in [5, 5.41) is 0. The predicted octanol–water partition coefficient (Wildman–Crippen LogP) is 2.17. The van der Waals surface area contributed by atoms with Gasteiger partial charge in [-0.3, -0.25) is 0 Å². The summed E-state index contributed by atoms with van der Waals surface area (Å²) >= 11 is 0. The highest BCUT2D eigenvalue weighted by molar-refractivity contribution is 5.34. The molecular formula is C14H18N2O2. The first-order chi connectivity index (χ1) is 8.83. The molecule has 0 radical (unpaired) electrons. The van der Waals surface area contributed by atoms with E-state index in [1.807, 2.05) is 24.3 Å². The maximum atomic E-state index is 5.47. The van der Waals surface area contributed by atoms with Crippen LogP contribution < -0.4 is 10.5 Å². The van der Waals surface area contributed by atoms with Gasteiger partial charge in [0.25, 0.3) is 0 Å². The third kappa shape index (κ3) is 3.11. The third-order valence-electron chi connectivity index (χ3n) is 2.77. The zero-order valence-corrected chi connectivity index (χ0v) is 10.6. The lowest BCUT2D eigenvalue weighted by Crippen LogP contribution is -2.00. The van der Waals surface area contributed by atoms with Crippen LogP contribution in [0.25, 0.3) is 0 Å². The molecule has 0 bridgehead atoms. The molecule has 4 nitrogen and oxygen atoms in total. The number of methoxy groups -OCH3 is 1. The van der Waals surface area contributed by atoms with Crippen molar-refractivity contribution in [3.63, 3.8) is 0 Å². The van der Waals surface area contributed by atoms with Crippen molar-refractivity contribution in [2.45, 2.75) is 19.3 Å². The normalized spacial score (nSPS) is 10.6. The van der Waals surface area contributed by atoms with E-state index in [0.29, 0.717) is 18.9 Å². The first-order valence-electron chi connectivity index (χ1n) is 6.08. The Bertz CT molecular complexity index is 494. The summed E-state index contributed by atoms with van der Waals surface area (Å²) in [7, 11) is 1.67. The summed E-state index contributed by atoms with van der Waals surface area (Å²) in [6, 6.07) is 7.89. The second kappa shape index (κ2) is 6.21. The van der Waals surface area contributed by atoms with Crippen LogP contribution in [0.3, 0.4) is 0 Å². The van der Waals surface area contributed by atoms with Gasteiger partial charge in [0.1, 0.15) is 12.0 Å². The average Bonchev–Trinajstić information content (AvgIpc) is 2.84. The van der Waals surface area contributed by atoms with Gasteiger partial charge >= 0.3 is 0 Å². The third-order valence-corrected chi connectivity index (χ3v) is 2.77. The Morgan fingerprint density at radius 1 is 1.33 bits per heavy atom. The lowest BCUT2D eigenvalue weighted by atomic mass is 10.1. The molecule has 2 rings (SSSR count). The SMILES string of the molecule is COc1ccccc1Cc1nc(CCCN)co1. The number of ether oxygens (including phenoxy) is 1. The first-order valence-corrected chi connectivity index (χ1v) is 6.08. The molecule has 0 aliphatic rings. The quantitative estimate of drug-likeness (QED) is 0.848. The van der Waals surface area contributed by atoms with Crippen molar-refractivity contribution < 1.29 is 9.15 Å². The molecule has 0 saturated heterocycles. The van der Waals surface area contributed by atoms with E-state index in [-0.39, 0.29) is 0 Å². The molecule has 1 aromatic carbocycles. The minimum absolute atomic E-state index is 0.645. The molecule has 1 heterocycles. The second-order valence-corrected chi connectivity index (χ2v) is 4.11. The molecule has 18 heavy (non-hydrogen) atoms. The van der Waals surface area contributed by atoms with Crippen molar-refractivity contribution in [2.75, 3.05) is 13.7 Å². The molecule has 0 saturated carbocycles. The minimum atomic E-state index is 0.645. The molecule has 96 valence electrons. The number of aromatic nitrogens is 1. The Morgan fingerprint density at radius 2 is 2.17 bits per heavy atom. The summed E-state index contributed by atoms with van der Waals surface area (Å²) in [6.45, 7) is 0.675. The zero-order valence-electron chi connectivity index (χ0n) is 10.6. The van der Waals surface area contributed by atoms with E-state index in [9.17, 15) is 0 Å².